The predicted octanol–water partition coefficient (Wildman–Crippen LogP) is 4.91. The highest BCUT2D eigenvalue weighted by Gasteiger charge is 2.08. The van der Waals surface area contributed by atoms with E-state index in [4.69, 9.17) is 36.2 Å². The molecule has 0 atom stereocenters. The first kappa shape index (κ1) is 22.0. The van der Waals surface area contributed by atoms with E-state index in [0.29, 0.717) is 24.3 Å². The van der Waals surface area contributed by atoms with Gasteiger partial charge in [-0.05, 0) is 85.6 Å². The first-order valence-corrected chi connectivity index (χ1v) is 10.7. The number of ether oxygens (including phenoxy) is 2. The molecule has 0 saturated heterocycles. The molecule has 7 nitrogen and oxygen atoms in total. The van der Waals surface area contributed by atoms with Gasteiger partial charge in [0.25, 0.3) is 0 Å². The third-order valence-electron chi connectivity index (χ3n) is 5.21. The molecule has 0 amide bonds. The Kier molecular flexibility index (Phi) is 6.59. The zero-order valence-electron chi connectivity index (χ0n) is 18.1. The van der Waals surface area contributed by atoms with Crippen molar-refractivity contribution in [3.05, 3.63) is 83.9 Å². The van der Waals surface area contributed by atoms with Gasteiger partial charge in [-0.2, -0.15) is 0 Å². The molecule has 0 aliphatic carbocycles. The summed E-state index contributed by atoms with van der Waals surface area (Å²) in [6, 6.07) is 22.4. The summed E-state index contributed by atoms with van der Waals surface area (Å²) in [6.45, 7) is 1.20. The highest BCUT2D eigenvalue weighted by Crippen LogP contribution is 2.29. The summed E-state index contributed by atoms with van der Waals surface area (Å²) < 4.78 is 17.5. The maximum absolute atomic E-state index is 7.57. The highest BCUT2D eigenvalue weighted by atomic mass is 16.5. The molecule has 4 aromatic rings. The number of nitrogens with one attached hydrogen (secondary N) is 2. The topological polar surface area (TPSA) is 131 Å². The van der Waals surface area contributed by atoms with Gasteiger partial charge in [0.1, 0.15) is 34.5 Å². The van der Waals surface area contributed by atoms with Crippen LogP contribution in [-0.4, -0.2) is 24.9 Å². The number of benzene rings is 3. The summed E-state index contributed by atoms with van der Waals surface area (Å²) in [5.41, 5.74) is 14.1. The van der Waals surface area contributed by atoms with Crippen LogP contribution >= 0.6 is 0 Å². The van der Waals surface area contributed by atoms with Crippen molar-refractivity contribution >= 4 is 22.6 Å². The maximum Gasteiger partial charge on any atom is 0.135 e. The summed E-state index contributed by atoms with van der Waals surface area (Å²) in [6.07, 6.45) is 1.74. The lowest BCUT2D eigenvalue weighted by Gasteiger charge is -2.08. The molecule has 7 heteroatoms. The van der Waals surface area contributed by atoms with Crippen molar-refractivity contribution in [2.24, 2.45) is 11.5 Å². The lowest BCUT2D eigenvalue weighted by molar-refractivity contribution is 0.266. The summed E-state index contributed by atoms with van der Waals surface area (Å²) in [5.74, 6) is 2.41. The minimum Gasteiger partial charge on any atom is -0.494 e. The second-order valence-electron chi connectivity index (χ2n) is 7.64. The fraction of sp³-hybridized carbons (Fsp3) is 0.154. The molecule has 1 heterocycles. The minimum absolute atomic E-state index is 0.0380. The summed E-state index contributed by atoms with van der Waals surface area (Å²) in [7, 11) is 0. The van der Waals surface area contributed by atoms with Gasteiger partial charge in [0.2, 0.25) is 0 Å². The van der Waals surface area contributed by atoms with E-state index in [9.17, 15) is 0 Å². The van der Waals surface area contributed by atoms with Gasteiger partial charge in [-0.1, -0.05) is 0 Å². The van der Waals surface area contributed by atoms with Crippen molar-refractivity contribution in [1.29, 1.82) is 10.8 Å². The van der Waals surface area contributed by atoms with E-state index in [0.717, 1.165) is 46.6 Å². The molecule has 0 aliphatic rings. The van der Waals surface area contributed by atoms with Crippen LogP contribution in [0.3, 0.4) is 0 Å². The Labute approximate surface area is 191 Å². The molecule has 3 aromatic carbocycles. The Morgan fingerprint density at radius 1 is 0.697 bits per heavy atom. The van der Waals surface area contributed by atoms with Gasteiger partial charge in [-0.15, -0.1) is 0 Å². The van der Waals surface area contributed by atoms with E-state index in [1.54, 1.807) is 18.2 Å². The Balaban J connectivity index is 1.23. The summed E-state index contributed by atoms with van der Waals surface area (Å²) in [4.78, 5) is 0. The molecule has 6 N–H and O–H groups in total. The number of fused-ring (bicyclic) bond motifs is 1. The first-order chi connectivity index (χ1) is 16.0. The number of hydrogen-bond acceptors (Lipinski definition) is 5. The largest absolute Gasteiger partial charge is 0.494 e. The van der Waals surface area contributed by atoms with E-state index < -0.39 is 0 Å². The quantitative estimate of drug-likeness (QED) is 0.157. The van der Waals surface area contributed by atoms with Crippen LogP contribution in [0.1, 0.15) is 24.0 Å². The van der Waals surface area contributed by atoms with Gasteiger partial charge >= 0.3 is 0 Å². The van der Waals surface area contributed by atoms with E-state index in [-0.39, 0.29) is 11.7 Å². The maximum atomic E-state index is 7.57. The Bertz CT molecular complexity index is 1260. The van der Waals surface area contributed by atoms with Crippen LogP contribution in [0.5, 0.6) is 11.5 Å². The van der Waals surface area contributed by atoms with Crippen LogP contribution in [0.25, 0.3) is 22.3 Å². The average Bonchev–Trinajstić information content (AvgIpc) is 3.25. The van der Waals surface area contributed by atoms with Gasteiger partial charge in [-0.3, -0.25) is 10.8 Å². The number of rotatable bonds is 10. The Hall–Kier alpha value is -4.26. The van der Waals surface area contributed by atoms with E-state index in [1.165, 1.54) is 0 Å². The van der Waals surface area contributed by atoms with Crippen molar-refractivity contribution < 1.29 is 13.9 Å². The number of nitrogens with two attached hydrogens (primary N) is 2. The molecule has 0 unspecified atom stereocenters. The first-order valence-electron chi connectivity index (χ1n) is 10.7. The molecular formula is C26H26N4O3. The van der Waals surface area contributed by atoms with Crippen LogP contribution < -0.4 is 20.9 Å². The van der Waals surface area contributed by atoms with Crippen molar-refractivity contribution in [2.75, 3.05) is 13.2 Å². The lowest BCUT2D eigenvalue weighted by Crippen LogP contribution is -2.10. The van der Waals surface area contributed by atoms with Crippen molar-refractivity contribution in [2.45, 2.75) is 12.8 Å². The van der Waals surface area contributed by atoms with Gasteiger partial charge in [0.05, 0.1) is 13.2 Å². The van der Waals surface area contributed by atoms with Crippen LogP contribution in [0.4, 0.5) is 0 Å². The molecule has 0 radical (unpaired) electrons. The normalized spacial score (nSPS) is 10.8. The van der Waals surface area contributed by atoms with Gasteiger partial charge in [0, 0.05) is 22.1 Å². The van der Waals surface area contributed by atoms with E-state index in [1.807, 2.05) is 54.6 Å². The molecule has 168 valence electrons. The fourth-order valence-corrected chi connectivity index (χ4v) is 3.38. The molecule has 0 aliphatic heterocycles. The number of unbranched alkanes of at least 4 members (excludes halogenated alkanes) is 1. The van der Waals surface area contributed by atoms with Gasteiger partial charge in [0.15, 0.2) is 0 Å². The third kappa shape index (κ3) is 5.51. The van der Waals surface area contributed by atoms with Gasteiger partial charge < -0.3 is 25.4 Å². The Morgan fingerprint density at radius 3 is 1.82 bits per heavy atom. The molecule has 0 saturated carbocycles. The molecular weight excluding hydrogens is 416 g/mol. The van der Waals surface area contributed by atoms with Crippen molar-refractivity contribution in [3.8, 4) is 22.8 Å². The second kappa shape index (κ2) is 9.91. The standard InChI is InChI=1S/C26H26N4O3/c27-25(28)18-5-10-22(11-6-18)32-14-2-1-13-31-21-8-3-17(4-9-21)24-16-20-15-19(26(29)30)7-12-23(20)33-24/h3-12,15-16H,1-2,13-14H2,(H3,27,28)(H3,29,30). The van der Waals surface area contributed by atoms with Crippen LogP contribution in [-0.2, 0) is 0 Å². The van der Waals surface area contributed by atoms with Crippen LogP contribution in [0.15, 0.2) is 77.2 Å². The molecule has 0 bridgehead atoms. The molecule has 4 rings (SSSR count). The van der Waals surface area contributed by atoms with Crippen LogP contribution in [0, 0.1) is 10.8 Å². The van der Waals surface area contributed by atoms with Crippen LogP contribution in [0.2, 0.25) is 0 Å². The highest BCUT2D eigenvalue weighted by molar-refractivity contribution is 5.99. The number of furan rings is 1. The molecule has 0 fully saturated rings. The van der Waals surface area contributed by atoms with E-state index >= 15 is 0 Å². The monoisotopic (exact) mass is 442 g/mol. The SMILES string of the molecule is N=C(N)c1ccc(OCCCCOc2ccc(-c3cc4cc(C(=N)N)ccc4o3)cc2)cc1. The molecule has 33 heavy (non-hydrogen) atoms. The Morgan fingerprint density at radius 2 is 1.24 bits per heavy atom. The van der Waals surface area contributed by atoms with Crippen molar-refractivity contribution in [3.63, 3.8) is 0 Å². The fourth-order valence-electron chi connectivity index (χ4n) is 3.38. The number of nitrogen functional groups attached to an aromatic ring is 2. The second-order valence-corrected chi connectivity index (χ2v) is 7.64. The summed E-state index contributed by atoms with van der Waals surface area (Å²) in [5, 5.41) is 15.9. The number of amidine groups is 2. The summed E-state index contributed by atoms with van der Waals surface area (Å²) >= 11 is 0. The third-order valence-corrected chi connectivity index (χ3v) is 5.21. The average molecular weight is 443 g/mol. The van der Waals surface area contributed by atoms with Crippen molar-refractivity contribution in [1.82, 2.24) is 0 Å². The molecule has 0 spiro atoms. The zero-order valence-corrected chi connectivity index (χ0v) is 18.1. The smallest absolute Gasteiger partial charge is 0.135 e. The predicted molar refractivity (Wildman–Crippen MR) is 130 cm³/mol. The van der Waals surface area contributed by atoms with E-state index in [2.05, 4.69) is 0 Å². The van der Waals surface area contributed by atoms with Gasteiger partial charge in [-0.25, -0.2) is 0 Å². The lowest BCUT2D eigenvalue weighted by atomic mass is 10.1. The number of hydrogen-bond donors (Lipinski definition) is 4. The molecule has 1 aromatic heterocycles. The zero-order chi connectivity index (χ0) is 23.2. The minimum atomic E-state index is 0.0380.